The summed E-state index contributed by atoms with van der Waals surface area (Å²) in [7, 11) is 0. The quantitative estimate of drug-likeness (QED) is 0.511. The van der Waals surface area contributed by atoms with Crippen LogP contribution < -0.4 is 11.1 Å². The van der Waals surface area contributed by atoms with Crippen LogP contribution in [0.4, 0.5) is 0 Å². The third-order valence-electron chi connectivity index (χ3n) is 3.06. The summed E-state index contributed by atoms with van der Waals surface area (Å²) in [6, 6.07) is 0.0642. The third-order valence-corrected chi connectivity index (χ3v) is 3.06. The van der Waals surface area contributed by atoms with E-state index in [9.17, 15) is 4.79 Å². The van der Waals surface area contributed by atoms with Crippen LogP contribution in [-0.2, 0) is 4.79 Å². The maximum absolute atomic E-state index is 11.4. The SMILES string of the molecule is NC(CC(=O)NCCCCCCO)C1CC1. The zero-order valence-corrected chi connectivity index (χ0v) is 9.95. The lowest BCUT2D eigenvalue weighted by Gasteiger charge is -2.10. The molecule has 0 aliphatic heterocycles. The van der Waals surface area contributed by atoms with Crippen molar-refractivity contribution in [2.24, 2.45) is 11.7 Å². The van der Waals surface area contributed by atoms with Crippen LogP contribution >= 0.6 is 0 Å². The largest absolute Gasteiger partial charge is 0.396 e. The first-order valence-electron chi connectivity index (χ1n) is 6.37. The van der Waals surface area contributed by atoms with E-state index in [1.165, 1.54) is 12.8 Å². The number of carbonyl (C=O) groups excluding carboxylic acids is 1. The highest BCUT2D eigenvalue weighted by Crippen LogP contribution is 2.32. The van der Waals surface area contributed by atoms with Gasteiger partial charge in [0.25, 0.3) is 0 Å². The minimum atomic E-state index is 0.0642. The molecule has 0 heterocycles. The van der Waals surface area contributed by atoms with Gasteiger partial charge in [-0.2, -0.15) is 0 Å². The van der Waals surface area contributed by atoms with E-state index >= 15 is 0 Å². The number of amides is 1. The van der Waals surface area contributed by atoms with Crippen molar-refractivity contribution in [2.75, 3.05) is 13.2 Å². The lowest BCUT2D eigenvalue weighted by Crippen LogP contribution is -2.33. The van der Waals surface area contributed by atoms with Gasteiger partial charge in [-0.05, 0) is 31.6 Å². The Kier molecular flexibility index (Phi) is 6.42. The fraction of sp³-hybridized carbons (Fsp3) is 0.917. The molecule has 94 valence electrons. The van der Waals surface area contributed by atoms with E-state index in [1.54, 1.807) is 0 Å². The number of aliphatic hydroxyl groups is 1. The highest BCUT2D eigenvalue weighted by atomic mass is 16.2. The number of aliphatic hydroxyl groups excluding tert-OH is 1. The number of unbranched alkanes of at least 4 members (excludes halogenated alkanes) is 3. The Morgan fingerprint density at radius 1 is 1.31 bits per heavy atom. The molecular weight excluding hydrogens is 204 g/mol. The van der Waals surface area contributed by atoms with Gasteiger partial charge in [0.15, 0.2) is 0 Å². The fourth-order valence-electron chi connectivity index (χ4n) is 1.80. The van der Waals surface area contributed by atoms with Crippen molar-refractivity contribution < 1.29 is 9.90 Å². The normalized spacial score (nSPS) is 17.1. The van der Waals surface area contributed by atoms with Gasteiger partial charge in [0, 0.05) is 25.6 Å². The van der Waals surface area contributed by atoms with Crippen LogP contribution in [0.3, 0.4) is 0 Å². The van der Waals surface area contributed by atoms with Crippen molar-refractivity contribution in [3.8, 4) is 0 Å². The molecule has 1 atom stereocenters. The first-order chi connectivity index (χ1) is 7.74. The minimum absolute atomic E-state index is 0.0642. The first kappa shape index (κ1) is 13.5. The molecule has 1 aliphatic carbocycles. The average Bonchev–Trinajstić information content (AvgIpc) is 3.06. The number of hydrogen-bond donors (Lipinski definition) is 3. The lowest BCUT2D eigenvalue weighted by molar-refractivity contribution is -0.121. The Hall–Kier alpha value is -0.610. The molecule has 0 spiro atoms. The van der Waals surface area contributed by atoms with Gasteiger partial charge in [0.05, 0.1) is 0 Å². The van der Waals surface area contributed by atoms with Gasteiger partial charge in [-0.3, -0.25) is 4.79 Å². The van der Waals surface area contributed by atoms with Crippen LogP contribution in [0.1, 0.15) is 44.9 Å². The van der Waals surface area contributed by atoms with Crippen molar-refractivity contribution >= 4 is 5.91 Å². The molecule has 1 saturated carbocycles. The Labute approximate surface area is 97.6 Å². The van der Waals surface area contributed by atoms with Gasteiger partial charge in [0.2, 0.25) is 5.91 Å². The van der Waals surface area contributed by atoms with Crippen molar-refractivity contribution in [1.29, 1.82) is 0 Å². The van der Waals surface area contributed by atoms with Crippen molar-refractivity contribution in [3.05, 3.63) is 0 Å². The van der Waals surface area contributed by atoms with Crippen LogP contribution in [0, 0.1) is 5.92 Å². The first-order valence-corrected chi connectivity index (χ1v) is 6.37. The molecule has 0 aromatic rings. The summed E-state index contributed by atoms with van der Waals surface area (Å²) < 4.78 is 0. The van der Waals surface area contributed by atoms with Crippen LogP contribution in [0.2, 0.25) is 0 Å². The molecule has 0 bridgehead atoms. The Bertz CT molecular complexity index is 205. The van der Waals surface area contributed by atoms with E-state index in [0.29, 0.717) is 12.3 Å². The topological polar surface area (TPSA) is 75.4 Å². The maximum Gasteiger partial charge on any atom is 0.221 e. The molecule has 0 saturated heterocycles. The van der Waals surface area contributed by atoms with Crippen molar-refractivity contribution in [1.82, 2.24) is 5.32 Å². The van der Waals surface area contributed by atoms with Gasteiger partial charge >= 0.3 is 0 Å². The Balaban J connectivity index is 1.89. The second-order valence-corrected chi connectivity index (χ2v) is 4.69. The Morgan fingerprint density at radius 2 is 2.00 bits per heavy atom. The molecule has 0 aromatic carbocycles. The summed E-state index contributed by atoms with van der Waals surface area (Å²) in [6.45, 7) is 1.00. The minimum Gasteiger partial charge on any atom is -0.396 e. The van der Waals surface area contributed by atoms with E-state index in [2.05, 4.69) is 5.32 Å². The molecule has 1 amide bonds. The molecule has 1 rings (SSSR count). The van der Waals surface area contributed by atoms with Crippen LogP contribution in [0.15, 0.2) is 0 Å². The number of rotatable bonds is 9. The predicted molar refractivity (Wildman–Crippen MR) is 63.9 cm³/mol. The van der Waals surface area contributed by atoms with E-state index in [1.807, 2.05) is 0 Å². The summed E-state index contributed by atoms with van der Waals surface area (Å²) in [5, 5.41) is 11.5. The zero-order valence-electron chi connectivity index (χ0n) is 9.95. The van der Waals surface area contributed by atoms with E-state index in [4.69, 9.17) is 10.8 Å². The summed E-state index contributed by atoms with van der Waals surface area (Å²) in [4.78, 5) is 11.4. The molecule has 1 aliphatic rings. The van der Waals surface area contributed by atoms with Gasteiger partial charge in [-0.25, -0.2) is 0 Å². The number of nitrogens with two attached hydrogens (primary N) is 1. The van der Waals surface area contributed by atoms with E-state index in [0.717, 1.165) is 32.2 Å². The third kappa shape index (κ3) is 6.08. The molecule has 0 radical (unpaired) electrons. The molecular formula is C12H24N2O2. The zero-order chi connectivity index (χ0) is 11.8. The standard InChI is InChI=1S/C12H24N2O2/c13-11(10-5-6-10)9-12(16)14-7-3-1-2-4-8-15/h10-11,15H,1-9,13H2,(H,14,16). The number of nitrogens with one attached hydrogen (secondary N) is 1. The lowest BCUT2D eigenvalue weighted by atomic mass is 10.1. The summed E-state index contributed by atoms with van der Waals surface area (Å²) in [5.74, 6) is 0.678. The van der Waals surface area contributed by atoms with E-state index < -0.39 is 0 Å². The predicted octanol–water partition coefficient (Wildman–Crippen LogP) is 0.783. The van der Waals surface area contributed by atoms with Crippen LogP contribution in [-0.4, -0.2) is 30.2 Å². The van der Waals surface area contributed by atoms with Crippen molar-refractivity contribution in [3.63, 3.8) is 0 Å². The van der Waals surface area contributed by atoms with Gasteiger partial charge < -0.3 is 16.2 Å². The van der Waals surface area contributed by atoms with Gasteiger partial charge in [0.1, 0.15) is 0 Å². The summed E-state index contributed by atoms with van der Waals surface area (Å²) in [5.41, 5.74) is 5.86. The van der Waals surface area contributed by atoms with Crippen molar-refractivity contribution in [2.45, 2.75) is 51.0 Å². The highest BCUT2D eigenvalue weighted by molar-refractivity contribution is 5.76. The monoisotopic (exact) mass is 228 g/mol. The molecule has 1 unspecified atom stereocenters. The smallest absolute Gasteiger partial charge is 0.221 e. The molecule has 4 heteroatoms. The fourth-order valence-corrected chi connectivity index (χ4v) is 1.80. The second kappa shape index (κ2) is 7.63. The van der Waals surface area contributed by atoms with Gasteiger partial charge in [-0.1, -0.05) is 12.8 Å². The van der Waals surface area contributed by atoms with Crippen LogP contribution in [0.25, 0.3) is 0 Å². The van der Waals surface area contributed by atoms with E-state index in [-0.39, 0.29) is 18.6 Å². The molecule has 4 N–H and O–H groups in total. The average molecular weight is 228 g/mol. The second-order valence-electron chi connectivity index (χ2n) is 4.69. The number of carbonyl (C=O) groups is 1. The Morgan fingerprint density at radius 3 is 2.62 bits per heavy atom. The maximum atomic E-state index is 11.4. The molecule has 4 nitrogen and oxygen atoms in total. The van der Waals surface area contributed by atoms with Crippen LogP contribution in [0.5, 0.6) is 0 Å². The van der Waals surface area contributed by atoms with Gasteiger partial charge in [-0.15, -0.1) is 0 Å². The molecule has 0 aromatic heterocycles. The summed E-state index contributed by atoms with van der Waals surface area (Å²) >= 11 is 0. The number of hydrogen-bond acceptors (Lipinski definition) is 3. The molecule has 16 heavy (non-hydrogen) atoms. The highest BCUT2D eigenvalue weighted by Gasteiger charge is 2.29. The summed E-state index contributed by atoms with van der Waals surface area (Å²) in [6.07, 6.45) is 6.81. The molecule has 1 fully saturated rings.